The van der Waals surface area contributed by atoms with Crippen molar-refractivity contribution in [2.24, 2.45) is 5.92 Å². The van der Waals surface area contributed by atoms with Gasteiger partial charge in [0.1, 0.15) is 22.8 Å². The molecule has 0 saturated carbocycles. The number of rotatable bonds is 7. The Bertz CT molecular complexity index is 1230. The molecule has 2 aromatic carbocycles. The Morgan fingerprint density at radius 3 is 2.67 bits per heavy atom. The first kappa shape index (κ1) is 19.8. The molecule has 0 aliphatic carbocycles. The first-order valence-corrected chi connectivity index (χ1v) is 10.2. The van der Waals surface area contributed by atoms with Crippen LogP contribution in [-0.4, -0.2) is 19.5 Å². The summed E-state index contributed by atoms with van der Waals surface area (Å²) in [6, 6.07) is 11.9. The maximum absolute atomic E-state index is 11.0. The maximum atomic E-state index is 11.0. The van der Waals surface area contributed by atoms with Crippen LogP contribution in [0.2, 0.25) is 0 Å². The van der Waals surface area contributed by atoms with Crippen LogP contribution in [0.3, 0.4) is 0 Å². The monoisotopic (exact) mass is 404 g/mol. The molecule has 7 heteroatoms. The van der Waals surface area contributed by atoms with Gasteiger partial charge in [-0.15, -0.1) is 0 Å². The Morgan fingerprint density at radius 1 is 1.13 bits per heavy atom. The number of nitro groups is 1. The van der Waals surface area contributed by atoms with Gasteiger partial charge in [0.15, 0.2) is 0 Å². The highest BCUT2D eigenvalue weighted by Crippen LogP contribution is 2.31. The summed E-state index contributed by atoms with van der Waals surface area (Å²) >= 11 is 0. The Balaban J connectivity index is 1.77. The van der Waals surface area contributed by atoms with Crippen molar-refractivity contribution >= 4 is 27.6 Å². The van der Waals surface area contributed by atoms with Gasteiger partial charge < -0.3 is 9.30 Å². The van der Waals surface area contributed by atoms with Gasteiger partial charge in [-0.05, 0) is 30.5 Å². The molecule has 0 saturated heterocycles. The van der Waals surface area contributed by atoms with Crippen LogP contribution in [0.5, 0.6) is 11.5 Å². The maximum Gasteiger partial charge on any atom is 0.273 e. The van der Waals surface area contributed by atoms with Gasteiger partial charge in [-0.25, -0.2) is 4.98 Å². The molecule has 7 nitrogen and oxygen atoms in total. The van der Waals surface area contributed by atoms with Crippen molar-refractivity contribution in [3.8, 4) is 11.5 Å². The Kier molecular flexibility index (Phi) is 5.35. The first-order chi connectivity index (χ1) is 14.5. The van der Waals surface area contributed by atoms with E-state index in [4.69, 9.17) is 9.72 Å². The fourth-order valence-corrected chi connectivity index (χ4v) is 3.68. The number of pyridine rings is 1. The first-order valence-electron chi connectivity index (χ1n) is 10.2. The summed E-state index contributed by atoms with van der Waals surface area (Å²) in [7, 11) is 0. The van der Waals surface area contributed by atoms with E-state index in [9.17, 15) is 10.1 Å². The quantitative estimate of drug-likeness (QED) is 0.283. The second-order valence-electron chi connectivity index (χ2n) is 7.81. The average Bonchev–Trinajstić information content (AvgIpc) is 3.05. The lowest BCUT2D eigenvalue weighted by atomic mass is 10.1. The zero-order valence-electron chi connectivity index (χ0n) is 17.3. The summed E-state index contributed by atoms with van der Waals surface area (Å²) in [6.45, 7) is 7.47. The molecule has 0 spiro atoms. The third-order valence-corrected chi connectivity index (χ3v) is 4.91. The largest absolute Gasteiger partial charge is 0.457 e. The van der Waals surface area contributed by atoms with Crippen LogP contribution < -0.4 is 4.74 Å². The third kappa shape index (κ3) is 3.83. The van der Waals surface area contributed by atoms with Crippen molar-refractivity contribution in [3.05, 3.63) is 64.6 Å². The second-order valence-corrected chi connectivity index (χ2v) is 7.81. The van der Waals surface area contributed by atoms with Crippen molar-refractivity contribution in [2.45, 2.75) is 40.2 Å². The highest BCUT2D eigenvalue weighted by atomic mass is 16.6. The van der Waals surface area contributed by atoms with Gasteiger partial charge in [-0.3, -0.25) is 15.1 Å². The summed E-state index contributed by atoms with van der Waals surface area (Å²) in [4.78, 5) is 20.0. The van der Waals surface area contributed by atoms with E-state index in [2.05, 4.69) is 30.3 Å². The Morgan fingerprint density at radius 2 is 1.93 bits per heavy atom. The zero-order chi connectivity index (χ0) is 21.3. The standard InChI is InChI=1S/C23H24N4O3/c1-4-6-22-25-21-13-24-20-12-18(30-17-8-5-7-16(11-17)27(28)29)9-10-19(20)23(21)26(22)14-15(2)3/h5,7-13,15H,4,6,14H2,1-3H3. The molecule has 0 fully saturated rings. The molecule has 0 aliphatic heterocycles. The molecule has 4 rings (SSSR count). The number of nitro benzene ring substituents is 1. The van der Waals surface area contributed by atoms with Crippen molar-refractivity contribution in [3.63, 3.8) is 0 Å². The topological polar surface area (TPSA) is 83.1 Å². The molecule has 0 aliphatic rings. The summed E-state index contributed by atoms with van der Waals surface area (Å²) in [5.41, 5.74) is 2.80. The number of hydrogen-bond acceptors (Lipinski definition) is 5. The fraction of sp³-hybridized carbons (Fsp3) is 0.304. The van der Waals surface area contributed by atoms with E-state index in [0.29, 0.717) is 17.4 Å². The van der Waals surface area contributed by atoms with Gasteiger partial charge in [0.25, 0.3) is 5.69 Å². The summed E-state index contributed by atoms with van der Waals surface area (Å²) < 4.78 is 8.18. The van der Waals surface area contributed by atoms with Gasteiger partial charge in [-0.2, -0.15) is 0 Å². The number of non-ortho nitro benzene ring substituents is 1. The van der Waals surface area contributed by atoms with Crippen LogP contribution in [0.1, 0.15) is 33.0 Å². The number of aromatic nitrogens is 3. The van der Waals surface area contributed by atoms with Crippen molar-refractivity contribution < 1.29 is 9.66 Å². The Hall–Kier alpha value is -3.48. The molecule has 30 heavy (non-hydrogen) atoms. The number of fused-ring (bicyclic) bond motifs is 3. The smallest absolute Gasteiger partial charge is 0.273 e. The number of nitrogens with zero attached hydrogens (tertiary/aromatic N) is 4. The number of ether oxygens (including phenoxy) is 1. The highest BCUT2D eigenvalue weighted by Gasteiger charge is 2.15. The normalized spacial score (nSPS) is 11.5. The molecular formula is C23H24N4O3. The molecule has 0 radical (unpaired) electrons. The van der Waals surface area contributed by atoms with E-state index in [-0.39, 0.29) is 5.69 Å². The minimum atomic E-state index is -0.435. The summed E-state index contributed by atoms with van der Waals surface area (Å²) in [5.74, 6) is 2.59. The lowest BCUT2D eigenvalue weighted by Gasteiger charge is -2.13. The molecule has 0 amide bonds. The molecule has 0 N–H and O–H groups in total. The molecule has 0 bridgehead atoms. The van der Waals surface area contributed by atoms with Gasteiger partial charge >= 0.3 is 0 Å². The summed E-state index contributed by atoms with van der Waals surface area (Å²) in [5, 5.41) is 12.0. The van der Waals surface area contributed by atoms with E-state index in [1.54, 1.807) is 12.1 Å². The minimum absolute atomic E-state index is 0.00540. The van der Waals surface area contributed by atoms with Gasteiger partial charge in [0.05, 0.1) is 28.2 Å². The van der Waals surface area contributed by atoms with Gasteiger partial charge in [-0.1, -0.05) is 26.8 Å². The number of imidazole rings is 1. The van der Waals surface area contributed by atoms with Crippen LogP contribution in [0.25, 0.3) is 21.9 Å². The molecule has 0 atom stereocenters. The van der Waals surface area contributed by atoms with Crippen LogP contribution in [0.4, 0.5) is 5.69 Å². The van der Waals surface area contributed by atoms with Crippen LogP contribution in [-0.2, 0) is 13.0 Å². The van der Waals surface area contributed by atoms with E-state index >= 15 is 0 Å². The lowest BCUT2D eigenvalue weighted by molar-refractivity contribution is -0.384. The number of aryl methyl sites for hydroxylation is 1. The lowest BCUT2D eigenvalue weighted by Crippen LogP contribution is -2.08. The van der Waals surface area contributed by atoms with E-state index in [1.165, 1.54) is 12.1 Å². The fourth-order valence-electron chi connectivity index (χ4n) is 3.68. The van der Waals surface area contributed by atoms with Crippen molar-refractivity contribution in [1.29, 1.82) is 0 Å². The molecule has 2 heterocycles. The van der Waals surface area contributed by atoms with Crippen molar-refractivity contribution in [2.75, 3.05) is 0 Å². The highest BCUT2D eigenvalue weighted by molar-refractivity contribution is 6.02. The molecule has 4 aromatic rings. The van der Waals surface area contributed by atoms with Gasteiger partial charge in [0, 0.05) is 30.5 Å². The van der Waals surface area contributed by atoms with Crippen LogP contribution in [0.15, 0.2) is 48.7 Å². The molecular weight excluding hydrogens is 380 g/mol. The molecule has 0 unspecified atom stereocenters. The predicted octanol–water partition coefficient (Wildman–Crippen LogP) is 5.89. The average molecular weight is 404 g/mol. The minimum Gasteiger partial charge on any atom is -0.457 e. The van der Waals surface area contributed by atoms with E-state index in [1.807, 2.05) is 24.4 Å². The third-order valence-electron chi connectivity index (χ3n) is 4.91. The molecule has 2 aromatic heterocycles. The Labute approximate surface area is 174 Å². The number of hydrogen-bond donors (Lipinski definition) is 0. The van der Waals surface area contributed by atoms with Crippen molar-refractivity contribution in [1.82, 2.24) is 14.5 Å². The van der Waals surface area contributed by atoms with Crippen LogP contribution in [0, 0.1) is 16.0 Å². The molecule has 154 valence electrons. The van der Waals surface area contributed by atoms with Gasteiger partial charge in [0.2, 0.25) is 0 Å². The predicted molar refractivity (Wildman–Crippen MR) is 117 cm³/mol. The number of benzene rings is 2. The SMILES string of the molecule is CCCc1nc2cnc3cc(Oc4cccc([N+](=O)[O-])c4)ccc3c2n1CC(C)C. The van der Waals surface area contributed by atoms with E-state index < -0.39 is 4.92 Å². The zero-order valence-corrected chi connectivity index (χ0v) is 17.3. The summed E-state index contributed by atoms with van der Waals surface area (Å²) in [6.07, 6.45) is 3.77. The second kappa shape index (κ2) is 8.10. The van der Waals surface area contributed by atoms with E-state index in [0.717, 1.165) is 47.1 Å². The van der Waals surface area contributed by atoms with Crippen LogP contribution >= 0.6 is 0 Å².